The van der Waals surface area contributed by atoms with Crippen molar-refractivity contribution >= 4 is 18.0 Å². The van der Waals surface area contributed by atoms with E-state index in [0.717, 1.165) is 22.3 Å². The summed E-state index contributed by atoms with van der Waals surface area (Å²) >= 11 is 0. The lowest BCUT2D eigenvalue weighted by Crippen LogP contribution is -2.47. The molecule has 0 saturated heterocycles. The molecule has 8 nitrogen and oxygen atoms in total. The summed E-state index contributed by atoms with van der Waals surface area (Å²) in [5, 5.41) is 14.3. The Labute approximate surface area is 197 Å². The Bertz CT molecular complexity index is 1110. The highest BCUT2D eigenvalue weighted by Gasteiger charge is 2.29. The number of benzene rings is 2. The van der Waals surface area contributed by atoms with E-state index in [1.165, 1.54) is 0 Å². The second-order valence-corrected chi connectivity index (χ2v) is 8.17. The minimum atomic E-state index is -1.04. The molecular weight excluding hydrogens is 434 g/mol. The molecule has 0 spiro atoms. The van der Waals surface area contributed by atoms with Crippen molar-refractivity contribution in [1.29, 1.82) is 0 Å². The van der Waals surface area contributed by atoms with Crippen LogP contribution in [0.3, 0.4) is 0 Å². The van der Waals surface area contributed by atoms with Gasteiger partial charge < -0.3 is 25.0 Å². The third-order valence-electron chi connectivity index (χ3n) is 5.93. The van der Waals surface area contributed by atoms with E-state index in [0.29, 0.717) is 13.1 Å². The Kier molecular flexibility index (Phi) is 7.27. The van der Waals surface area contributed by atoms with Gasteiger partial charge in [-0.25, -0.2) is 4.79 Å². The molecule has 1 unspecified atom stereocenters. The van der Waals surface area contributed by atoms with Crippen LogP contribution >= 0.6 is 0 Å². The van der Waals surface area contributed by atoms with Crippen molar-refractivity contribution in [2.24, 2.45) is 0 Å². The fourth-order valence-corrected chi connectivity index (χ4v) is 4.27. The zero-order valence-corrected chi connectivity index (χ0v) is 18.6. The van der Waals surface area contributed by atoms with E-state index in [4.69, 9.17) is 9.84 Å². The number of fused-ring (bicyclic) bond motifs is 3. The summed E-state index contributed by atoms with van der Waals surface area (Å²) in [7, 11) is 0. The lowest BCUT2D eigenvalue weighted by Gasteiger charge is -2.19. The predicted octanol–water partition coefficient (Wildman–Crippen LogP) is 3.38. The quantitative estimate of drug-likeness (QED) is 0.429. The fraction of sp³-hybridized carbons (Fsp3) is 0.269. The maximum Gasteiger partial charge on any atom is 0.407 e. The zero-order valence-electron chi connectivity index (χ0n) is 18.6. The second-order valence-electron chi connectivity index (χ2n) is 8.17. The van der Waals surface area contributed by atoms with Crippen LogP contribution in [0.5, 0.6) is 0 Å². The van der Waals surface area contributed by atoms with Crippen LogP contribution in [0.4, 0.5) is 4.79 Å². The molecule has 34 heavy (non-hydrogen) atoms. The van der Waals surface area contributed by atoms with Crippen LogP contribution in [0, 0.1) is 0 Å². The second kappa shape index (κ2) is 10.7. The summed E-state index contributed by atoms with van der Waals surface area (Å²) in [5.74, 6) is -1.59. The predicted molar refractivity (Wildman–Crippen MR) is 126 cm³/mol. The SMILES string of the molecule is O=C(O)CCC(NC(=O)OCC1c2ccccc2-c2ccccc21)C(=O)NCCn1cccc1. The first-order valence-electron chi connectivity index (χ1n) is 11.2. The number of aromatic nitrogens is 1. The number of carboxylic acid groups (broad SMARTS) is 1. The fourth-order valence-electron chi connectivity index (χ4n) is 4.27. The van der Waals surface area contributed by atoms with Crippen molar-refractivity contribution < 1.29 is 24.2 Å². The number of amides is 2. The number of nitrogens with zero attached hydrogens (tertiary/aromatic N) is 1. The Morgan fingerprint density at radius 1 is 0.941 bits per heavy atom. The topological polar surface area (TPSA) is 110 Å². The summed E-state index contributed by atoms with van der Waals surface area (Å²) in [5.41, 5.74) is 4.41. The molecule has 0 fully saturated rings. The highest BCUT2D eigenvalue weighted by atomic mass is 16.5. The molecule has 1 aliphatic carbocycles. The van der Waals surface area contributed by atoms with Crippen LogP contribution in [0.15, 0.2) is 73.1 Å². The summed E-state index contributed by atoms with van der Waals surface area (Å²) in [4.78, 5) is 36.2. The van der Waals surface area contributed by atoms with E-state index in [2.05, 4.69) is 10.6 Å². The van der Waals surface area contributed by atoms with Crippen LogP contribution in [-0.4, -0.2) is 46.8 Å². The number of carbonyl (C=O) groups excluding carboxylic acids is 2. The number of carbonyl (C=O) groups is 3. The van der Waals surface area contributed by atoms with Crippen molar-refractivity contribution in [3.8, 4) is 11.1 Å². The van der Waals surface area contributed by atoms with Gasteiger partial charge in [-0.1, -0.05) is 48.5 Å². The Morgan fingerprint density at radius 3 is 2.18 bits per heavy atom. The molecule has 176 valence electrons. The molecule has 1 aromatic heterocycles. The molecule has 4 rings (SSSR count). The van der Waals surface area contributed by atoms with Gasteiger partial charge in [-0.3, -0.25) is 9.59 Å². The van der Waals surface area contributed by atoms with E-state index in [1.807, 2.05) is 77.6 Å². The number of hydrogen-bond acceptors (Lipinski definition) is 4. The first-order chi connectivity index (χ1) is 16.5. The number of carboxylic acids is 1. The summed E-state index contributed by atoms with van der Waals surface area (Å²) in [6, 6.07) is 18.8. The number of hydrogen-bond donors (Lipinski definition) is 3. The summed E-state index contributed by atoms with van der Waals surface area (Å²) in [6.45, 7) is 1.03. The molecule has 0 radical (unpaired) electrons. The van der Waals surface area contributed by atoms with Crippen molar-refractivity contribution in [2.75, 3.05) is 13.2 Å². The smallest absolute Gasteiger partial charge is 0.407 e. The normalized spacial score (nSPS) is 12.9. The van der Waals surface area contributed by atoms with Crippen LogP contribution in [0.1, 0.15) is 29.9 Å². The highest BCUT2D eigenvalue weighted by Crippen LogP contribution is 2.44. The van der Waals surface area contributed by atoms with Crippen LogP contribution in [0.2, 0.25) is 0 Å². The molecule has 0 bridgehead atoms. The average Bonchev–Trinajstić information content (AvgIpc) is 3.46. The maximum atomic E-state index is 12.6. The van der Waals surface area contributed by atoms with Gasteiger partial charge >= 0.3 is 12.1 Å². The molecule has 2 amide bonds. The number of aliphatic carboxylic acids is 1. The molecule has 0 saturated carbocycles. The molecule has 1 aliphatic rings. The molecule has 0 aliphatic heterocycles. The lowest BCUT2D eigenvalue weighted by molar-refractivity contribution is -0.137. The molecule has 3 aromatic rings. The van der Waals surface area contributed by atoms with Crippen LogP contribution in [0.25, 0.3) is 11.1 Å². The van der Waals surface area contributed by atoms with E-state index in [9.17, 15) is 14.4 Å². The van der Waals surface area contributed by atoms with Gasteiger partial charge in [-0.05, 0) is 40.8 Å². The van der Waals surface area contributed by atoms with Crippen molar-refractivity contribution in [2.45, 2.75) is 31.3 Å². The molecular formula is C26H27N3O5. The number of nitrogens with one attached hydrogen (secondary N) is 2. The Morgan fingerprint density at radius 2 is 1.56 bits per heavy atom. The first kappa shape index (κ1) is 23.1. The summed E-state index contributed by atoms with van der Waals surface area (Å²) in [6.07, 6.45) is 2.72. The molecule has 1 heterocycles. The molecule has 1 atom stereocenters. The minimum Gasteiger partial charge on any atom is -0.481 e. The molecule has 2 aromatic carbocycles. The number of ether oxygens (including phenoxy) is 1. The van der Waals surface area contributed by atoms with Gasteiger partial charge in [-0.2, -0.15) is 0 Å². The van der Waals surface area contributed by atoms with Crippen molar-refractivity contribution in [3.05, 3.63) is 84.2 Å². The first-order valence-corrected chi connectivity index (χ1v) is 11.2. The Balaban J connectivity index is 1.36. The molecule has 3 N–H and O–H groups in total. The van der Waals surface area contributed by atoms with Crippen molar-refractivity contribution in [1.82, 2.24) is 15.2 Å². The van der Waals surface area contributed by atoms with E-state index >= 15 is 0 Å². The standard InChI is InChI=1S/C26H27N3O5/c30-24(31)12-11-23(25(32)27-13-16-29-14-5-6-15-29)28-26(33)34-17-22-20-9-3-1-7-18(20)19-8-2-4-10-21(19)22/h1-10,14-15,22-23H,11-13,16-17H2,(H,27,32)(H,28,33)(H,30,31). The Hall–Kier alpha value is -4.07. The van der Waals surface area contributed by atoms with E-state index in [-0.39, 0.29) is 25.4 Å². The number of alkyl carbamates (subject to hydrolysis) is 1. The van der Waals surface area contributed by atoms with Gasteiger partial charge in [0.2, 0.25) is 5.91 Å². The van der Waals surface area contributed by atoms with Crippen LogP contribution < -0.4 is 10.6 Å². The maximum absolute atomic E-state index is 12.6. The number of rotatable bonds is 10. The van der Waals surface area contributed by atoms with Gasteiger partial charge in [0.25, 0.3) is 0 Å². The largest absolute Gasteiger partial charge is 0.481 e. The monoisotopic (exact) mass is 461 g/mol. The molecule has 8 heteroatoms. The minimum absolute atomic E-state index is 0.0329. The third kappa shape index (κ3) is 5.46. The van der Waals surface area contributed by atoms with Gasteiger partial charge in [-0.15, -0.1) is 0 Å². The van der Waals surface area contributed by atoms with Crippen molar-refractivity contribution in [3.63, 3.8) is 0 Å². The third-order valence-corrected chi connectivity index (χ3v) is 5.93. The van der Waals surface area contributed by atoms with Gasteiger partial charge in [0.05, 0.1) is 0 Å². The van der Waals surface area contributed by atoms with E-state index in [1.54, 1.807) is 0 Å². The van der Waals surface area contributed by atoms with Gasteiger partial charge in [0.1, 0.15) is 12.6 Å². The highest BCUT2D eigenvalue weighted by molar-refractivity contribution is 5.86. The van der Waals surface area contributed by atoms with Gasteiger partial charge in [0.15, 0.2) is 0 Å². The van der Waals surface area contributed by atoms with E-state index < -0.39 is 24.0 Å². The van der Waals surface area contributed by atoms with Crippen LogP contribution in [-0.2, 0) is 20.9 Å². The summed E-state index contributed by atoms with van der Waals surface area (Å²) < 4.78 is 7.42. The van der Waals surface area contributed by atoms with Gasteiger partial charge in [0, 0.05) is 37.8 Å². The average molecular weight is 462 g/mol. The zero-order chi connectivity index (χ0) is 23.9. The lowest BCUT2D eigenvalue weighted by atomic mass is 9.98.